The van der Waals surface area contributed by atoms with E-state index in [9.17, 15) is 9.90 Å². The maximum Gasteiger partial charge on any atom is 0.264 e. The van der Waals surface area contributed by atoms with Crippen LogP contribution in [0.5, 0.6) is 17.2 Å². The van der Waals surface area contributed by atoms with Crippen molar-refractivity contribution in [2.24, 2.45) is 0 Å². The highest BCUT2D eigenvalue weighted by Gasteiger charge is 2.27. The molecule has 0 saturated carbocycles. The minimum atomic E-state index is -0.556. The van der Waals surface area contributed by atoms with Crippen molar-refractivity contribution in [3.05, 3.63) is 87.7 Å². The number of aromatic nitrogens is 5. The number of hydrogen-bond acceptors (Lipinski definition) is 10. The molecule has 3 aromatic heterocycles. The number of benzene rings is 2. The molecule has 206 valence electrons. The lowest BCUT2D eigenvalue weighted by Gasteiger charge is -2.18. The summed E-state index contributed by atoms with van der Waals surface area (Å²) in [6, 6.07) is 15.1. The second kappa shape index (κ2) is 11.9. The van der Waals surface area contributed by atoms with Gasteiger partial charge in [0.2, 0.25) is 11.8 Å². The lowest BCUT2D eigenvalue weighted by atomic mass is 9.96. The first kappa shape index (κ1) is 26.7. The van der Waals surface area contributed by atoms with Crippen molar-refractivity contribution < 1.29 is 23.5 Å². The van der Waals surface area contributed by atoms with Crippen LogP contribution in [0.2, 0.25) is 0 Å². The molecular weight excluding hydrogens is 514 g/mol. The first-order valence-electron chi connectivity index (χ1n) is 12.9. The number of aromatic hydroxyl groups is 1. The summed E-state index contributed by atoms with van der Waals surface area (Å²) < 4.78 is 22.3. The largest absolute Gasteiger partial charge is 0.506 e. The van der Waals surface area contributed by atoms with Gasteiger partial charge in [0.1, 0.15) is 29.2 Å². The number of nitrogens with zero attached hydrogens (tertiary/aromatic N) is 4. The van der Waals surface area contributed by atoms with Crippen molar-refractivity contribution in [2.45, 2.75) is 39.0 Å². The quantitative estimate of drug-likeness (QED) is 0.239. The van der Waals surface area contributed by atoms with Crippen LogP contribution in [0.4, 0.5) is 0 Å². The van der Waals surface area contributed by atoms with Gasteiger partial charge in [-0.3, -0.25) is 4.79 Å². The average molecular weight is 544 g/mol. The number of ether oxygens (including phenoxy) is 2. The molecule has 0 amide bonds. The van der Waals surface area contributed by atoms with Gasteiger partial charge < -0.3 is 28.5 Å². The smallest absolute Gasteiger partial charge is 0.264 e. The summed E-state index contributed by atoms with van der Waals surface area (Å²) in [5.74, 6) is 1.45. The van der Waals surface area contributed by atoms with Gasteiger partial charge in [-0.15, -0.1) is 10.2 Å². The van der Waals surface area contributed by atoms with Crippen LogP contribution >= 0.6 is 0 Å². The van der Waals surface area contributed by atoms with Gasteiger partial charge in [0.05, 0.1) is 25.3 Å². The fraction of sp³-hybridized carbons (Fsp3) is 0.276. The van der Waals surface area contributed by atoms with Crippen LogP contribution in [0.15, 0.2) is 62.3 Å². The van der Waals surface area contributed by atoms with E-state index in [1.807, 2.05) is 37.3 Å². The molecule has 5 rings (SSSR count). The summed E-state index contributed by atoms with van der Waals surface area (Å²) in [4.78, 5) is 20.5. The zero-order valence-corrected chi connectivity index (χ0v) is 22.4. The Kier molecular flexibility index (Phi) is 7.90. The summed E-state index contributed by atoms with van der Waals surface area (Å²) in [5, 5.41) is 23.6. The molecule has 3 heterocycles. The molecule has 0 spiro atoms. The van der Waals surface area contributed by atoms with Gasteiger partial charge in [-0.2, -0.15) is 4.98 Å². The Bertz CT molecular complexity index is 1640. The molecule has 0 radical (unpaired) electrons. The Morgan fingerprint density at radius 1 is 0.900 bits per heavy atom. The van der Waals surface area contributed by atoms with E-state index >= 15 is 0 Å². The van der Waals surface area contributed by atoms with Gasteiger partial charge in [0, 0.05) is 12.1 Å². The van der Waals surface area contributed by atoms with Gasteiger partial charge in [-0.25, -0.2) is 0 Å². The van der Waals surface area contributed by atoms with E-state index < -0.39 is 5.56 Å². The standard InChI is InChI=1S/C29H29N5O6/c1-4-5-12-18-24(25-19(37-2)13-9-14-20(25)38-3)27(35)26(28(36)30-18)29-33-32-23(39-29)16-22-31-21(34-40-22)15-17-10-7-6-8-11-17/h6-11,13-14H,4-5,12,15-16H2,1-3H3,(H2,30,35,36). The van der Waals surface area contributed by atoms with Crippen molar-refractivity contribution in [1.82, 2.24) is 25.3 Å². The van der Waals surface area contributed by atoms with Crippen LogP contribution in [0, 0.1) is 0 Å². The Morgan fingerprint density at radius 3 is 2.35 bits per heavy atom. The number of aryl methyl sites for hydroxylation is 1. The summed E-state index contributed by atoms with van der Waals surface area (Å²) in [7, 11) is 3.06. The highest BCUT2D eigenvalue weighted by molar-refractivity contribution is 5.86. The van der Waals surface area contributed by atoms with Crippen LogP contribution in [0.1, 0.15) is 48.6 Å². The lowest BCUT2D eigenvalue weighted by Crippen LogP contribution is -2.14. The van der Waals surface area contributed by atoms with Gasteiger partial charge in [0.25, 0.3) is 11.4 Å². The molecule has 0 aliphatic heterocycles. The molecular formula is C29H29N5O6. The van der Waals surface area contributed by atoms with Crippen LogP contribution in [-0.4, -0.2) is 44.6 Å². The molecule has 2 N–H and O–H groups in total. The number of aromatic amines is 1. The van der Waals surface area contributed by atoms with E-state index in [0.717, 1.165) is 18.4 Å². The number of H-pyrrole nitrogens is 1. The third kappa shape index (κ3) is 5.44. The summed E-state index contributed by atoms with van der Waals surface area (Å²) in [6.45, 7) is 2.05. The van der Waals surface area contributed by atoms with E-state index in [4.69, 9.17) is 18.4 Å². The predicted octanol–water partition coefficient (Wildman–Crippen LogP) is 4.72. The SMILES string of the molecule is CCCCc1[nH]c(=O)c(-c2nnc(Cc3nc(Cc4ccccc4)no3)o2)c(O)c1-c1c(OC)cccc1OC. The summed E-state index contributed by atoms with van der Waals surface area (Å²) in [5.41, 5.74) is 1.77. The zero-order chi connectivity index (χ0) is 28.1. The third-order valence-electron chi connectivity index (χ3n) is 6.42. The predicted molar refractivity (Wildman–Crippen MR) is 146 cm³/mol. The van der Waals surface area contributed by atoms with Crippen LogP contribution in [-0.2, 0) is 19.3 Å². The molecule has 5 aromatic rings. The van der Waals surface area contributed by atoms with Crippen LogP contribution in [0.3, 0.4) is 0 Å². The molecule has 11 nitrogen and oxygen atoms in total. The molecule has 40 heavy (non-hydrogen) atoms. The second-order valence-electron chi connectivity index (χ2n) is 9.12. The number of pyridine rings is 1. The highest BCUT2D eigenvalue weighted by Crippen LogP contribution is 2.46. The monoisotopic (exact) mass is 543 g/mol. The zero-order valence-electron chi connectivity index (χ0n) is 22.4. The van der Waals surface area contributed by atoms with Crippen molar-refractivity contribution in [3.63, 3.8) is 0 Å². The maximum absolute atomic E-state index is 13.2. The van der Waals surface area contributed by atoms with Gasteiger partial charge >= 0.3 is 0 Å². The summed E-state index contributed by atoms with van der Waals surface area (Å²) >= 11 is 0. The molecule has 0 aliphatic carbocycles. The van der Waals surface area contributed by atoms with E-state index in [0.29, 0.717) is 47.0 Å². The fourth-order valence-corrected chi connectivity index (χ4v) is 4.51. The Hall–Kier alpha value is -4.93. The van der Waals surface area contributed by atoms with Crippen molar-refractivity contribution >= 4 is 0 Å². The lowest BCUT2D eigenvalue weighted by molar-refractivity contribution is 0.369. The first-order valence-corrected chi connectivity index (χ1v) is 12.9. The number of hydrogen-bond donors (Lipinski definition) is 2. The number of rotatable bonds is 11. The van der Waals surface area contributed by atoms with E-state index in [-0.39, 0.29) is 35.4 Å². The molecule has 0 saturated heterocycles. The topological polar surface area (TPSA) is 149 Å². The molecule has 0 bridgehead atoms. The molecule has 0 aliphatic rings. The molecule has 0 unspecified atom stereocenters. The van der Waals surface area contributed by atoms with Gasteiger partial charge in [-0.1, -0.05) is 54.9 Å². The molecule has 0 atom stereocenters. The molecule has 0 fully saturated rings. The van der Waals surface area contributed by atoms with Gasteiger partial charge in [-0.05, 0) is 30.5 Å². The Balaban J connectivity index is 1.50. The second-order valence-corrected chi connectivity index (χ2v) is 9.12. The first-order chi connectivity index (χ1) is 19.5. The minimum Gasteiger partial charge on any atom is -0.506 e. The number of nitrogens with one attached hydrogen (secondary N) is 1. The van der Waals surface area contributed by atoms with E-state index in [2.05, 4.69) is 25.3 Å². The number of methoxy groups -OCH3 is 2. The Morgan fingerprint density at radius 2 is 1.65 bits per heavy atom. The van der Waals surface area contributed by atoms with E-state index in [1.165, 1.54) is 14.2 Å². The van der Waals surface area contributed by atoms with E-state index in [1.54, 1.807) is 18.2 Å². The Labute approximate surface area is 229 Å². The van der Waals surface area contributed by atoms with Crippen molar-refractivity contribution in [3.8, 4) is 39.8 Å². The van der Waals surface area contributed by atoms with Crippen LogP contribution in [0.25, 0.3) is 22.6 Å². The molecule has 11 heteroatoms. The third-order valence-corrected chi connectivity index (χ3v) is 6.42. The van der Waals surface area contributed by atoms with Crippen molar-refractivity contribution in [1.29, 1.82) is 0 Å². The fourth-order valence-electron chi connectivity index (χ4n) is 4.51. The average Bonchev–Trinajstić information content (AvgIpc) is 3.61. The minimum absolute atomic E-state index is 0.0647. The highest BCUT2D eigenvalue weighted by atomic mass is 16.5. The molecule has 2 aromatic carbocycles. The van der Waals surface area contributed by atoms with Crippen molar-refractivity contribution in [2.75, 3.05) is 14.2 Å². The number of unbranched alkanes of at least 4 members (excludes halogenated alkanes) is 1. The summed E-state index contributed by atoms with van der Waals surface area (Å²) in [6.07, 6.45) is 2.79. The maximum atomic E-state index is 13.2. The van der Waals surface area contributed by atoms with Crippen LogP contribution < -0.4 is 15.0 Å². The normalized spacial score (nSPS) is 11.1. The van der Waals surface area contributed by atoms with Gasteiger partial charge in [0.15, 0.2) is 5.82 Å².